The molecule has 0 atom stereocenters. The first-order valence-electron chi connectivity index (χ1n) is 7.60. The van der Waals surface area contributed by atoms with Crippen molar-refractivity contribution in [3.8, 4) is 0 Å². The molecule has 2 heterocycles. The maximum atomic E-state index is 12.1. The Bertz CT molecular complexity index is 540. The third-order valence-corrected chi connectivity index (χ3v) is 4.45. The van der Waals surface area contributed by atoms with Crippen molar-refractivity contribution < 1.29 is 14.3 Å². The highest BCUT2D eigenvalue weighted by Gasteiger charge is 2.27. The Morgan fingerprint density at radius 3 is 2.41 bits per heavy atom. The average Bonchev–Trinajstić information content (AvgIpc) is 2.84. The summed E-state index contributed by atoms with van der Waals surface area (Å²) < 4.78 is 5.37. The predicted molar refractivity (Wildman–Crippen MR) is 87.4 cm³/mol. The molecule has 1 saturated heterocycles. The summed E-state index contributed by atoms with van der Waals surface area (Å²) in [4.78, 5) is 27.7. The van der Waals surface area contributed by atoms with E-state index in [1.165, 1.54) is 11.3 Å². The molecule has 0 radical (unpaired) electrons. The van der Waals surface area contributed by atoms with Crippen molar-refractivity contribution in [1.29, 1.82) is 0 Å². The maximum absolute atomic E-state index is 12.1. The van der Waals surface area contributed by atoms with Gasteiger partial charge in [-0.05, 0) is 52.7 Å². The van der Waals surface area contributed by atoms with Crippen LogP contribution in [0.15, 0.2) is 12.1 Å². The summed E-state index contributed by atoms with van der Waals surface area (Å²) in [6.07, 6.45) is 1.25. The molecule has 2 amide bonds. The van der Waals surface area contributed by atoms with E-state index in [2.05, 4.69) is 5.32 Å². The van der Waals surface area contributed by atoms with Crippen molar-refractivity contribution in [3.05, 3.63) is 21.9 Å². The summed E-state index contributed by atoms with van der Waals surface area (Å²) in [6, 6.07) is 3.92. The Labute approximate surface area is 135 Å². The van der Waals surface area contributed by atoms with Gasteiger partial charge in [0.05, 0.1) is 4.88 Å². The van der Waals surface area contributed by atoms with Crippen LogP contribution in [-0.2, 0) is 4.74 Å². The molecule has 0 saturated carbocycles. The standard InChI is InChI=1S/C16H24N2O3S/c1-11-5-6-13(22-11)14(19)17-12-7-9-18(10-8-12)15(20)21-16(2,3)4/h5-6,12H,7-10H2,1-4H3,(H,17,19). The Kier molecular flexibility index (Phi) is 5.11. The molecule has 1 N–H and O–H groups in total. The van der Waals surface area contributed by atoms with Crippen LogP contribution in [0.4, 0.5) is 4.79 Å². The fourth-order valence-electron chi connectivity index (χ4n) is 2.35. The summed E-state index contributed by atoms with van der Waals surface area (Å²) in [7, 11) is 0. The lowest BCUT2D eigenvalue weighted by atomic mass is 10.1. The second kappa shape index (κ2) is 6.69. The van der Waals surface area contributed by atoms with Crippen LogP contribution >= 0.6 is 11.3 Å². The van der Waals surface area contributed by atoms with E-state index in [0.717, 1.165) is 22.6 Å². The fourth-order valence-corrected chi connectivity index (χ4v) is 3.12. The average molecular weight is 324 g/mol. The van der Waals surface area contributed by atoms with E-state index in [1.54, 1.807) is 4.90 Å². The van der Waals surface area contributed by atoms with E-state index in [1.807, 2.05) is 39.8 Å². The number of hydrogen-bond donors (Lipinski definition) is 1. The van der Waals surface area contributed by atoms with Gasteiger partial charge in [0.2, 0.25) is 0 Å². The molecule has 5 nitrogen and oxygen atoms in total. The van der Waals surface area contributed by atoms with Crippen LogP contribution < -0.4 is 5.32 Å². The number of rotatable bonds is 2. The third kappa shape index (κ3) is 4.73. The highest BCUT2D eigenvalue weighted by atomic mass is 32.1. The van der Waals surface area contributed by atoms with Crippen LogP contribution in [0.3, 0.4) is 0 Å². The zero-order valence-electron chi connectivity index (χ0n) is 13.6. The van der Waals surface area contributed by atoms with Crippen LogP contribution in [0.2, 0.25) is 0 Å². The van der Waals surface area contributed by atoms with Gasteiger partial charge in [-0.1, -0.05) is 0 Å². The van der Waals surface area contributed by atoms with Crippen molar-refractivity contribution in [2.45, 2.75) is 52.2 Å². The van der Waals surface area contributed by atoms with E-state index < -0.39 is 5.60 Å². The molecule has 1 aromatic rings. The number of nitrogens with zero attached hydrogens (tertiary/aromatic N) is 1. The molecular weight excluding hydrogens is 300 g/mol. The largest absolute Gasteiger partial charge is 0.444 e. The molecule has 1 aromatic heterocycles. The molecule has 1 aliphatic heterocycles. The van der Waals surface area contributed by atoms with Crippen LogP contribution in [0.25, 0.3) is 0 Å². The monoisotopic (exact) mass is 324 g/mol. The quantitative estimate of drug-likeness (QED) is 0.909. The van der Waals surface area contributed by atoms with Crippen molar-refractivity contribution in [2.75, 3.05) is 13.1 Å². The van der Waals surface area contributed by atoms with Gasteiger partial charge >= 0.3 is 6.09 Å². The number of amides is 2. The summed E-state index contributed by atoms with van der Waals surface area (Å²) in [5.41, 5.74) is -0.473. The second-order valence-electron chi connectivity index (χ2n) is 6.63. The zero-order chi connectivity index (χ0) is 16.3. The summed E-state index contributed by atoms with van der Waals surface area (Å²) in [5, 5.41) is 3.05. The van der Waals surface area contributed by atoms with Gasteiger partial charge in [0.1, 0.15) is 5.60 Å². The lowest BCUT2D eigenvalue weighted by Gasteiger charge is -2.33. The molecule has 6 heteroatoms. The lowest BCUT2D eigenvalue weighted by Crippen LogP contribution is -2.47. The van der Waals surface area contributed by atoms with Crippen molar-refractivity contribution in [2.24, 2.45) is 0 Å². The fraction of sp³-hybridized carbons (Fsp3) is 0.625. The normalized spacial score (nSPS) is 16.5. The molecular formula is C16H24N2O3S. The number of hydrogen-bond acceptors (Lipinski definition) is 4. The smallest absolute Gasteiger partial charge is 0.410 e. The molecule has 0 bridgehead atoms. The summed E-state index contributed by atoms with van der Waals surface area (Å²) >= 11 is 1.50. The molecule has 0 unspecified atom stereocenters. The SMILES string of the molecule is Cc1ccc(C(=O)NC2CCN(C(=O)OC(C)(C)C)CC2)s1. The molecule has 0 aromatic carbocycles. The highest BCUT2D eigenvalue weighted by Crippen LogP contribution is 2.18. The summed E-state index contributed by atoms with van der Waals surface area (Å²) in [6.45, 7) is 8.80. The highest BCUT2D eigenvalue weighted by molar-refractivity contribution is 7.13. The first-order chi connectivity index (χ1) is 10.2. The van der Waals surface area contributed by atoms with Gasteiger partial charge in [-0.15, -0.1) is 11.3 Å². The zero-order valence-corrected chi connectivity index (χ0v) is 14.5. The molecule has 122 valence electrons. The van der Waals surface area contributed by atoms with E-state index in [9.17, 15) is 9.59 Å². The van der Waals surface area contributed by atoms with Crippen LogP contribution in [0.5, 0.6) is 0 Å². The number of thiophene rings is 1. The van der Waals surface area contributed by atoms with Crippen LogP contribution in [0.1, 0.15) is 48.2 Å². The predicted octanol–water partition coefficient (Wildman–Crippen LogP) is 3.19. The minimum absolute atomic E-state index is 0.0196. The van der Waals surface area contributed by atoms with Gasteiger partial charge in [-0.3, -0.25) is 4.79 Å². The molecule has 0 aliphatic carbocycles. The molecule has 0 spiro atoms. The topological polar surface area (TPSA) is 58.6 Å². The Morgan fingerprint density at radius 2 is 1.91 bits per heavy atom. The first-order valence-corrected chi connectivity index (χ1v) is 8.41. The maximum Gasteiger partial charge on any atom is 0.410 e. The molecule has 22 heavy (non-hydrogen) atoms. The third-order valence-electron chi connectivity index (χ3n) is 3.45. The Hall–Kier alpha value is -1.56. The number of likely N-dealkylation sites (tertiary alicyclic amines) is 1. The van der Waals surface area contributed by atoms with Gasteiger partial charge in [-0.25, -0.2) is 4.79 Å². The van der Waals surface area contributed by atoms with Gasteiger partial charge in [0.25, 0.3) is 5.91 Å². The van der Waals surface area contributed by atoms with Gasteiger partial charge < -0.3 is 15.0 Å². The number of ether oxygens (including phenoxy) is 1. The van der Waals surface area contributed by atoms with E-state index in [4.69, 9.17) is 4.74 Å². The summed E-state index contributed by atoms with van der Waals surface area (Å²) in [5.74, 6) is -0.0196. The van der Waals surface area contributed by atoms with Crippen LogP contribution in [-0.4, -0.2) is 41.6 Å². The number of nitrogens with one attached hydrogen (secondary N) is 1. The minimum atomic E-state index is -0.473. The van der Waals surface area contributed by atoms with Crippen molar-refractivity contribution in [1.82, 2.24) is 10.2 Å². The van der Waals surface area contributed by atoms with Crippen molar-refractivity contribution in [3.63, 3.8) is 0 Å². The molecule has 2 rings (SSSR count). The van der Waals surface area contributed by atoms with E-state index in [0.29, 0.717) is 13.1 Å². The van der Waals surface area contributed by atoms with E-state index in [-0.39, 0.29) is 18.0 Å². The Balaban J connectivity index is 1.80. The van der Waals surface area contributed by atoms with Crippen LogP contribution in [0, 0.1) is 6.92 Å². The first kappa shape index (κ1) is 16.8. The molecule has 1 aliphatic rings. The minimum Gasteiger partial charge on any atom is -0.444 e. The van der Waals surface area contributed by atoms with Gasteiger partial charge in [-0.2, -0.15) is 0 Å². The second-order valence-corrected chi connectivity index (χ2v) is 7.91. The number of carbonyl (C=O) groups is 2. The number of piperidine rings is 1. The van der Waals surface area contributed by atoms with E-state index >= 15 is 0 Å². The van der Waals surface area contributed by atoms with Gasteiger partial charge in [0, 0.05) is 24.0 Å². The number of carbonyl (C=O) groups excluding carboxylic acids is 2. The van der Waals surface area contributed by atoms with Crippen molar-refractivity contribution >= 4 is 23.3 Å². The number of aryl methyl sites for hydroxylation is 1. The molecule has 1 fully saturated rings. The van der Waals surface area contributed by atoms with Gasteiger partial charge in [0.15, 0.2) is 0 Å². The lowest BCUT2D eigenvalue weighted by molar-refractivity contribution is 0.0200. The Morgan fingerprint density at radius 1 is 1.27 bits per heavy atom.